The van der Waals surface area contributed by atoms with Crippen molar-refractivity contribution in [3.05, 3.63) is 57.9 Å². The van der Waals surface area contributed by atoms with E-state index >= 15 is 0 Å². The molecule has 1 aromatic carbocycles. The molecule has 1 aromatic heterocycles. The Bertz CT molecular complexity index is 953. The number of aromatic nitrogens is 1. The number of alkyl halides is 3. The standard InChI is InChI=1S/C19H16F3N3O/c1-12-6-5-9-16(12)24-25-17(13-7-3-2-4-8-13)10-15(19(20,21)22)14(11-23)18(25)26/h2-4,7-8,10,12H,5-6,9H2,1H3/b24-16-. The van der Waals surface area contributed by atoms with Gasteiger partial charge in [0.25, 0.3) is 5.56 Å². The summed E-state index contributed by atoms with van der Waals surface area (Å²) in [6.07, 6.45) is -2.29. The van der Waals surface area contributed by atoms with Crippen LogP contribution in [0.15, 0.2) is 46.3 Å². The van der Waals surface area contributed by atoms with E-state index in [1.165, 1.54) is 6.07 Å². The number of halogens is 3. The Kier molecular flexibility index (Phi) is 4.68. The molecular weight excluding hydrogens is 343 g/mol. The van der Waals surface area contributed by atoms with E-state index in [4.69, 9.17) is 5.26 Å². The van der Waals surface area contributed by atoms with Crippen LogP contribution in [-0.2, 0) is 6.18 Å². The van der Waals surface area contributed by atoms with E-state index in [2.05, 4.69) is 5.10 Å². The molecule has 1 heterocycles. The van der Waals surface area contributed by atoms with Gasteiger partial charge in [0.2, 0.25) is 0 Å². The Morgan fingerprint density at radius 2 is 1.96 bits per heavy atom. The molecule has 0 bridgehead atoms. The predicted octanol–water partition coefficient (Wildman–Crippen LogP) is 4.43. The molecule has 2 aromatic rings. The molecule has 1 unspecified atom stereocenters. The van der Waals surface area contributed by atoms with Gasteiger partial charge in [-0.15, -0.1) is 0 Å². The highest BCUT2D eigenvalue weighted by Crippen LogP contribution is 2.33. The minimum absolute atomic E-state index is 0.0218. The Balaban J connectivity index is 2.35. The van der Waals surface area contributed by atoms with Crippen LogP contribution in [0, 0.1) is 17.2 Å². The minimum atomic E-state index is -4.80. The second-order valence-electron chi connectivity index (χ2n) is 6.30. The molecular formula is C19H16F3N3O. The molecule has 4 nitrogen and oxygen atoms in total. The highest BCUT2D eigenvalue weighted by molar-refractivity contribution is 5.88. The quantitative estimate of drug-likeness (QED) is 0.796. The normalized spacial score (nSPS) is 18.9. The molecule has 1 aliphatic rings. The second-order valence-corrected chi connectivity index (χ2v) is 6.30. The molecule has 1 saturated carbocycles. The summed E-state index contributed by atoms with van der Waals surface area (Å²) >= 11 is 0. The SMILES string of the molecule is CC1CCC/C1=N/n1c(-c2ccccc2)cc(C(F)(F)F)c(C#N)c1=O. The van der Waals surface area contributed by atoms with E-state index in [9.17, 15) is 18.0 Å². The first-order valence-electron chi connectivity index (χ1n) is 8.23. The molecule has 7 heteroatoms. The van der Waals surface area contributed by atoms with Gasteiger partial charge in [0.15, 0.2) is 0 Å². The molecule has 26 heavy (non-hydrogen) atoms. The summed E-state index contributed by atoms with van der Waals surface area (Å²) in [5.74, 6) is 0.151. The van der Waals surface area contributed by atoms with Crippen molar-refractivity contribution in [1.82, 2.24) is 4.68 Å². The van der Waals surface area contributed by atoms with E-state index in [1.54, 1.807) is 30.3 Å². The topological polar surface area (TPSA) is 58.1 Å². The molecule has 0 amide bonds. The third-order valence-corrected chi connectivity index (χ3v) is 4.54. The summed E-state index contributed by atoms with van der Waals surface area (Å²) in [5.41, 5.74) is -2.02. The van der Waals surface area contributed by atoms with Crippen molar-refractivity contribution >= 4 is 5.71 Å². The maximum atomic E-state index is 13.4. The molecule has 3 rings (SSSR count). The summed E-state index contributed by atoms with van der Waals surface area (Å²) in [6.45, 7) is 1.97. The van der Waals surface area contributed by atoms with Crippen molar-refractivity contribution in [3.8, 4) is 17.3 Å². The van der Waals surface area contributed by atoms with Gasteiger partial charge in [0.1, 0.15) is 11.6 Å². The van der Waals surface area contributed by atoms with E-state index in [1.807, 2.05) is 6.92 Å². The van der Waals surface area contributed by atoms with Crippen LogP contribution in [0.1, 0.15) is 37.3 Å². The summed E-state index contributed by atoms with van der Waals surface area (Å²) in [7, 11) is 0. The third-order valence-electron chi connectivity index (χ3n) is 4.54. The zero-order valence-corrected chi connectivity index (χ0v) is 14.0. The number of nitrogens with zero attached hydrogens (tertiary/aromatic N) is 3. The third kappa shape index (κ3) is 3.27. The first-order chi connectivity index (χ1) is 12.3. The van der Waals surface area contributed by atoms with Gasteiger partial charge in [-0.1, -0.05) is 37.3 Å². The highest BCUT2D eigenvalue weighted by atomic mass is 19.4. The molecule has 1 aliphatic carbocycles. The van der Waals surface area contributed by atoms with Gasteiger partial charge in [0, 0.05) is 11.3 Å². The van der Waals surface area contributed by atoms with Crippen LogP contribution in [0.25, 0.3) is 11.3 Å². The van der Waals surface area contributed by atoms with Crippen LogP contribution in [-0.4, -0.2) is 10.4 Å². The Morgan fingerprint density at radius 3 is 2.50 bits per heavy atom. The van der Waals surface area contributed by atoms with E-state index in [0.29, 0.717) is 12.0 Å². The molecule has 0 spiro atoms. The lowest BCUT2D eigenvalue weighted by atomic mass is 10.0. The fourth-order valence-electron chi connectivity index (χ4n) is 3.13. The summed E-state index contributed by atoms with van der Waals surface area (Å²) in [5, 5.41) is 13.5. The second kappa shape index (κ2) is 6.79. The van der Waals surface area contributed by atoms with Crippen LogP contribution in [0.5, 0.6) is 0 Å². The number of hydrogen-bond acceptors (Lipinski definition) is 3. The van der Waals surface area contributed by atoms with Crippen LogP contribution in [0.3, 0.4) is 0 Å². The smallest absolute Gasteiger partial charge is 0.266 e. The van der Waals surface area contributed by atoms with Crippen molar-refractivity contribution in [2.45, 2.75) is 32.4 Å². The van der Waals surface area contributed by atoms with Gasteiger partial charge in [-0.2, -0.15) is 28.2 Å². The molecule has 1 atom stereocenters. The van der Waals surface area contributed by atoms with Gasteiger partial charge < -0.3 is 0 Å². The first-order valence-corrected chi connectivity index (χ1v) is 8.23. The lowest BCUT2D eigenvalue weighted by Crippen LogP contribution is -2.27. The maximum Gasteiger partial charge on any atom is 0.417 e. The molecule has 0 aliphatic heterocycles. The summed E-state index contributed by atoms with van der Waals surface area (Å²) < 4.78 is 41.1. The molecule has 1 fully saturated rings. The van der Waals surface area contributed by atoms with Crippen molar-refractivity contribution < 1.29 is 13.2 Å². The minimum Gasteiger partial charge on any atom is -0.266 e. The van der Waals surface area contributed by atoms with Crippen molar-refractivity contribution in [3.63, 3.8) is 0 Å². The van der Waals surface area contributed by atoms with E-state index in [-0.39, 0.29) is 11.6 Å². The van der Waals surface area contributed by atoms with Crippen LogP contribution in [0.4, 0.5) is 13.2 Å². The predicted molar refractivity (Wildman–Crippen MR) is 91.7 cm³/mol. The van der Waals surface area contributed by atoms with Crippen molar-refractivity contribution in [1.29, 1.82) is 5.26 Å². The molecule has 0 saturated heterocycles. The fourth-order valence-corrected chi connectivity index (χ4v) is 3.13. The van der Waals surface area contributed by atoms with Crippen LogP contribution < -0.4 is 5.56 Å². The van der Waals surface area contributed by atoms with Crippen molar-refractivity contribution in [2.24, 2.45) is 11.0 Å². The number of benzene rings is 1. The average Bonchev–Trinajstić information content (AvgIpc) is 3.01. The van der Waals surface area contributed by atoms with E-state index in [0.717, 1.165) is 29.3 Å². The number of nitriles is 1. The van der Waals surface area contributed by atoms with Gasteiger partial charge in [0.05, 0.1) is 11.3 Å². The molecule has 134 valence electrons. The molecule has 0 radical (unpaired) electrons. The average molecular weight is 359 g/mol. The van der Waals surface area contributed by atoms with Crippen LogP contribution >= 0.6 is 0 Å². The zero-order chi connectivity index (χ0) is 18.9. The van der Waals surface area contributed by atoms with Crippen molar-refractivity contribution in [2.75, 3.05) is 0 Å². The van der Waals surface area contributed by atoms with E-state index < -0.39 is 22.9 Å². The van der Waals surface area contributed by atoms with Gasteiger partial charge >= 0.3 is 6.18 Å². The van der Waals surface area contributed by atoms with Gasteiger partial charge in [-0.05, 0) is 31.2 Å². The first kappa shape index (κ1) is 17.9. The van der Waals surface area contributed by atoms with Gasteiger partial charge in [-0.3, -0.25) is 4.79 Å². The van der Waals surface area contributed by atoms with Gasteiger partial charge in [-0.25, -0.2) is 0 Å². The zero-order valence-electron chi connectivity index (χ0n) is 14.0. The number of hydrogen-bond donors (Lipinski definition) is 0. The largest absolute Gasteiger partial charge is 0.417 e. The lowest BCUT2D eigenvalue weighted by molar-refractivity contribution is -0.137. The molecule has 0 N–H and O–H groups in total. The monoisotopic (exact) mass is 359 g/mol. The fraction of sp³-hybridized carbons (Fsp3) is 0.316. The highest BCUT2D eigenvalue weighted by Gasteiger charge is 2.36. The summed E-state index contributed by atoms with van der Waals surface area (Å²) in [4.78, 5) is 12.7. The maximum absolute atomic E-state index is 13.4. The Hall–Kier alpha value is -2.88. The number of rotatable bonds is 2. The van der Waals surface area contributed by atoms with Crippen LogP contribution in [0.2, 0.25) is 0 Å². The Labute approximate surface area is 148 Å². The lowest BCUT2D eigenvalue weighted by Gasteiger charge is -2.15. The Morgan fingerprint density at radius 1 is 1.27 bits per heavy atom. The number of pyridine rings is 1. The summed E-state index contributed by atoms with van der Waals surface area (Å²) in [6, 6.07) is 10.5.